The minimum atomic E-state index is -1.13. The van der Waals surface area contributed by atoms with Gasteiger partial charge in [0.05, 0.1) is 12.6 Å². The zero-order chi connectivity index (χ0) is 14.7. The average Bonchev–Trinajstić information content (AvgIpc) is 2.84. The second kappa shape index (κ2) is 6.02. The fraction of sp³-hybridized carbons (Fsp3) is 0.333. The molecule has 1 atom stereocenters. The van der Waals surface area contributed by atoms with Crippen molar-refractivity contribution in [1.29, 1.82) is 0 Å². The SMILES string of the molecule is CCOCC(N)c1noc(-c2c(F)cc(F)cc2F)n1. The lowest BCUT2D eigenvalue weighted by Gasteiger charge is -2.05. The summed E-state index contributed by atoms with van der Waals surface area (Å²) in [5, 5.41) is 3.53. The molecule has 1 aromatic carbocycles. The van der Waals surface area contributed by atoms with Crippen molar-refractivity contribution < 1.29 is 22.4 Å². The second-order valence-electron chi connectivity index (χ2n) is 3.97. The molecule has 1 aromatic heterocycles. The smallest absolute Gasteiger partial charge is 0.263 e. The minimum Gasteiger partial charge on any atom is -0.380 e. The van der Waals surface area contributed by atoms with Crippen molar-refractivity contribution in [2.75, 3.05) is 13.2 Å². The Hall–Kier alpha value is -1.93. The Kier molecular flexibility index (Phi) is 4.35. The van der Waals surface area contributed by atoms with Crippen molar-refractivity contribution in [1.82, 2.24) is 10.1 Å². The molecule has 0 saturated heterocycles. The summed E-state index contributed by atoms with van der Waals surface area (Å²) in [6.45, 7) is 2.39. The first-order chi connectivity index (χ1) is 9.52. The third-order valence-electron chi connectivity index (χ3n) is 2.50. The second-order valence-corrected chi connectivity index (χ2v) is 3.97. The van der Waals surface area contributed by atoms with Crippen molar-refractivity contribution in [2.24, 2.45) is 5.73 Å². The van der Waals surface area contributed by atoms with Crippen molar-refractivity contribution >= 4 is 0 Å². The van der Waals surface area contributed by atoms with E-state index in [1.54, 1.807) is 6.92 Å². The normalized spacial score (nSPS) is 12.7. The van der Waals surface area contributed by atoms with E-state index in [4.69, 9.17) is 15.0 Å². The Labute approximate surface area is 112 Å². The third-order valence-corrected chi connectivity index (χ3v) is 2.50. The highest BCUT2D eigenvalue weighted by Gasteiger charge is 2.21. The van der Waals surface area contributed by atoms with Gasteiger partial charge in [0, 0.05) is 18.7 Å². The van der Waals surface area contributed by atoms with E-state index < -0.39 is 34.9 Å². The van der Waals surface area contributed by atoms with Gasteiger partial charge in [-0.2, -0.15) is 4.98 Å². The molecule has 20 heavy (non-hydrogen) atoms. The first kappa shape index (κ1) is 14.5. The van der Waals surface area contributed by atoms with Crippen LogP contribution in [0, 0.1) is 17.5 Å². The van der Waals surface area contributed by atoms with E-state index in [1.807, 2.05) is 0 Å². The van der Waals surface area contributed by atoms with Crippen LogP contribution in [0.25, 0.3) is 11.5 Å². The number of ether oxygens (including phenoxy) is 1. The number of halogens is 3. The summed E-state index contributed by atoms with van der Waals surface area (Å²) in [6.07, 6.45) is 0. The molecule has 2 aromatic rings. The Balaban J connectivity index is 2.29. The lowest BCUT2D eigenvalue weighted by Crippen LogP contribution is -2.18. The monoisotopic (exact) mass is 287 g/mol. The predicted octanol–water partition coefficient (Wildman–Crippen LogP) is 2.19. The number of nitrogens with two attached hydrogens (primary N) is 1. The van der Waals surface area contributed by atoms with Crippen molar-refractivity contribution in [3.63, 3.8) is 0 Å². The number of hydrogen-bond acceptors (Lipinski definition) is 5. The molecule has 1 heterocycles. The van der Waals surface area contributed by atoms with Crippen LogP contribution in [0.3, 0.4) is 0 Å². The largest absolute Gasteiger partial charge is 0.380 e. The molecule has 2 rings (SSSR count). The van der Waals surface area contributed by atoms with Crippen LogP contribution in [-0.4, -0.2) is 23.4 Å². The summed E-state index contributed by atoms with van der Waals surface area (Å²) in [7, 11) is 0. The Morgan fingerprint density at radius 2 is 1.95 bits per heavy atom. The molecule has 8 heteroatoms. The highest BCUT2D eigenvalue weighted by molar-refractivity contribution is 5.54. The molecule has 0 fully saturated rings. The van der Waals surface area contributed by atoms with Crippen LogP contribution in [0.15, 0.2) is 16.7 Å². The molecule has 1 unspecified atom stereocenters. The molecule has 5 nitrogen and oxygen atoms in total. The van der Waals surface area contributed by atoms with Crippen LogP contribution in [0.4, 0.5) is 13.2 Å². The number of rotatable bonds is 5. The zero-order valence-corrected chi connectivity index (χ0v) is 10.6. The average molecular weight is 287 g/mol. The van der Waals surface area contributed by atoms with E-state index in [0.717, 1.165) is 0 Å². The lowest BCUT2D eigenvalue weighted by atomic mass is 10.2. The van der Waals surface area contributed by atoms with E-state index >= 15 is 0 Å². The van der Waals surface area contributed by atoms with Gasteiger partial charge in [-0.3, -0.25) is 0 Å². The van der Waals surface area contributed by atoms with Crippen LogP contribution < -0.4 is 5.73 Å². The number of benzene rings is 1. The van der Waals surface area contributed by atoms with E-state index in [2.05, 4.69) is 10.1 Å². The molecule has 108 valence electrons. The quantitative estimate of drug-likeness (QED) is 0.912. The molecule has 0 amide bonds. The standard InChI is InChI=1S/C12H12F3N3O2/c1-2-19-5-9(16)11-17-12(20-18-11)10-7(14)3-6(13)4-8(10)15/h3-4,9H,2,5,16H2,1H3. The van der Waals surface area contributed by atoms with Crippen molar-refractivity contribution in [3.05, 3.63) is 35.4 Å². The molecule has 2 N–H and O–H groups in total. The predicted molar refractivity (Wildman–Crippen MR) is 63.0 cm³/mol. The number of hydrogen-bond donors (Lipinski definition) is 1. The summed E-state index contributed by atoms with van der Waals surface area (Å²) in [4.78, 5) is 3.80. The summed E-state index contributed by atoms with van der Waals surface area (Å²) in [6, 6.07) is 0.379. The summed E-state index contributed by atoms with van der Waals surface area (Å²) in [5.74, 6) is -3.64. The van der Waals surface area contributed by atoms with Gasteiger partial charge in [0.2, 0.25) is 0 Å². The molecule has 0 radical (unpaired) electrons. The molecular formula is C12H12F3N3O2. The third kappa shape index (κ3) is 2.97. The van der Waals surface area contributed by atoms with Gasteiger partial charge >= 0.3 is 0 Å². The molecule has 0 aliphatic carbocycles. The number of aromatic nitrogens is 2. The fourth-order valence-electron chi connectivity index (χ4n) is 1.55. The van der Waals surface area contributed by atoms with E-state index in [1.165, 1.54) is 0 Å². The maximum atomic E-state index is 13.5. The lowest BCUT2D eigenvalue weighted by molar-refractivity contribution is 0.130. The maximum Gasteiger partial charge on any atom is 0.263 e. The van der Waals surface area contributed by atoms with E-state index in [0.29, 0.717) is 18.7 Å². The Morgan fingerprint density at radius 1 is 1.30 bits per heavy atom. The van der Waals surface area contributed by atoms with Gasteiger partial charge in [-0.25, -0.2) is 13.2 Å². The highest BCUT2D eigenvalue weighted by Crippen LogP contribution is 2.26. The molecular weight excluding hydrogens is 275 g/mol. The minimum absolute atomic E-state index is 0.0524. The van der Waals surface area contributed by atoms with Gasteiger partial charge in [-0.15, -0.1) is 0 Å². The van der Waals surface area contributed by atoms with Crippen molar-refractivity contribution in [2.45, 2.75) is 13.0 Å². The van der Waals surface area contributed by atoms with E-state index in [-0.39, 0.29) is 12.4 Å². The van der Waals surface area contributed by atoms with Crippen molar-refractivity contribution in [3.8, 4) is 11.5 Å². The van der Waals surface area contributed by atoms with Crippen LogP contribution >= 0.6 is 0 Å². The first-order valence-electron chi connectivity index (χ1n) is 5.84. The molecule has 0 bridgehead atoms. The fourth-order valence-corrected chi connectivity index (χ4v) is 1.55. The van der Waals surface area contributed by atoms with Gasteiger partial charge in [-0.05, 0) is 6.92 Å². The molecule has 0 aliphatic rings. The molecule has 0 spiro atoms. The van der Waals surface area contributed by atoms with Crippen LogP contribution in [0.1, 0.15) is 18.8 Å². The van der Waals surface area contributed by atoms with Crippen LogP contribution in [-0.2, 0) is 4.74 Å². The summed E-state index contributed by atoms with van der Waals surface area (Å²) >= 11 is 0. The highest BCUT2D eigenvalue weighted by atomic mass is 19.1. The summed E-state index contributed by atoms with van der Waals surface area (Å²) < 4.78 is 49.7. The van der Waals surface area contributed by atoms with Crippen LogP contribution in [0.5, 0.6) is 0 Å². The topological polar surface area (TPSA) is 74.2 Å². The van der Waals surface area contributed by atoms with Gasteiger partial charge in [0.15, 0.2) is 5.82 Å². The Morgan fingerprint density at radius 3 is 2.55 bits per heavy atom. The summed E-state index contributed by atoms with van der Waals surface area (Å²) in [5.41, 5.74) is 5.13. The molecule has 0 saturated carbocycles. The van der Waals surface area contributed by atoms with Gasteiger partial charge in [0.25, 0.3) is 5.89 Å². The maximum absolute atomic E-state index is 13.5. The molecule has 0 aliphatic heterocycles. The Bertz CT molecular complexity index is 580. The zero-order valence-electron chi connectivity index (χ0n) is 10.6. The van der Waals surface area contributed by atoms with E-state index in [9.17, 15) is 13.2 Å². The van der Waals surface area contributed by atoms with Gasteiger partial charge < -0.3 is 15.0 Å². The first-order valence-corrected chi connectivity index (χ1v) is 5.84. The number of nitrogens with zero attached hydrogens (tertiary/aromatic N) is 2. The van der Waals surface area contributed by atoms with Crippen LogP contribution in [0.2, 0.25) is 0 Å². The van der Waals surface area contributed by atoms with Gasteiger partial charge in [-0.1, -0.05) is 5.16 Å². The van der Waals surface area contributed by atoms with Gasteiger partial charge in [0.1, 0.15) is 23.0 Å².